The second-order valence-corrected chi connectivity index (χ2v) is 6.28. The van der Waals surface area contributed by atoms with Gasteiger partial charge >= 0.3 is 6.18 Å². The topological polar surface area (TPSA) is 57.8 Å². The van der Waals surface area contributed by atoms with Crippen LogP contribution in [0.3, 0.4) is 0 Å². The highest BCUT2D eigenvalue weighted by Crippen LogP contribution is 2.35. The van der Waals surface area contributed by atoms with Crippen LogP contribution in [-0.4, -0.2) is 22.0 Å². The zero-order chi connectivity index (χ0) is 20.1. The molecule has 0 fully saturated rings. The summed E-state index contributed by atoms with van der Waals surface area (Å²) in [4.78, 5) is 11.7. The molecule has 0 aliphatic carbocycles. The summed E-state index contributed by atoms with van der Waals surface area (Å²) in [5.41, 5.74) is -2.99. The highest BCUT2D eigenvalue weighted by Gasteiger charge is 2.39. The molecule has 2 N–H and O–H groups in total. The molecule has 1 aromatic heterocycles. The standard InChI is InChI=1S/C14H11BrClF4N3O.C2H6/c1-13(21-12(24)6-16,8-4-7(15)2-3-9(8)17)10-5-11(23-22-10)14(18,19)20;1-2/h2-5H,6H2,1H3,(H,21,24)(H,22,23);1-2H3. The predicted octanol–water partition coefficient (Wildman–Crippen LogP) is 4.97. The number of nitrogens with one attached hydrogen (secondary N) is 2. The quantitative estimate of drug-likeness (QED) is 0.502. The van der Waals surface area contributed by atoms with E-state index in [0.29, 0.717) is 4.47 Å². The van der Waals surface area contributed by atoms with Gasteiger partial charge in [0.1, 0.15) is 17.2 Å². The van der Waals surface area contributed by atoms with Gasteiger partial charge in [-0.1, -0.05) is 29.8 Å². The van der Waals surface area contributed by atoms with Gasteiger partial charge in [0.15, 0.2) is 5.69 Å². The number of aromatic amines is 1. The Bertz CT molecular complexity index is 766. The first-order valence-electron chi connectivity index (χ1n) is 7.53. The Labute approximate surface area is 161 Å². The zero-order valence-electron chi connectivity index (χ0n) is 14.1. The van der Waals surface area contributed by atoms with Crippen LogP contribution in [0.5, 0.6) is 0 Å². The smallest absolute Gasteiger partial charge is 0.340 e. The van der Waals surface area contributed by atoms with Crippen molar-refractivity contribution in [2.75, 3.05) is 5.88 Å². The molecule has 1 amide bonds. The lowest BCUT2D eigenvalue weighted by Crippen LogP contribution is -2.46. The average molecular weight is 459 g/mol. The van der Waals surface area contributed by atoms with E-state index in [9.17, 15) is 22.4 Å². The summed E-state index contributed by atoms with van der Waals surface area (Å²) >= 11 is 8.63. The number of hydrogen-bond acceptors (Lipinski definition) is 2. The normalized spacial score (nSPS) is 13.4. The van der Waals surface area contributed by atoms with Crippen LogP contribution in [0.4, 0.5) is 17.6 Å². The molecule has 2 rings (SSSR count). The number of rotatable bonds is 4. The van der Waals surface area contributed by atoms with Crippen molar-refractivity contribution in [2.45, 2.75) is 32.5 Å². The van der Waals surface area contributed by atoms with Crippen LogP contribution < -0.4 is 5.32 Å². The fourth-order valence-electron chi connectivity index (χ4n) is 2.20. The number of halogens is 6. The zero-order valence-corrected chi connectivity index (χ0v) is 16.5. The van der Waals surface area contributed by atoms with E-state index in [2.05, 4.69) is 31.4 Å². The van der Waals surface area contributed by atoms with Crippen molar-refractivity contribution in [3.05, 3.63) is 51.5 Å². The van der Waals surface area contributed by atoms with Crippen molar-refractivity contribution < 1.29 is 22.4 Å². The Morgan fingerprint density at radius 2 is 1.92 bits per heavy atom. The van der Waals surface area contributed by atoms with Crippen molar-refractivity contribution >= 4 is 33.4 Å². The van der Waals surface area contributed by atoms with E-state index in [-0.39, 0.29) is 11.3 Å². The van der Waals surface area contributed by atoms with E-state index < -0.39 is 35.0 Å². The number of H-pyrrole nitrogens is 1. The number of carbonyl (C=O) groups excluding carboxylic acids is 1. The van der Waals surface area contributed by atoms with Gasteiger partial charge in [0.25, 0.3) is 0 Å². The van der Waals surface area contributed by atoms with Crippen LogP contribution in [0.1, 0.15) is 37.7 Å². The number of amides is 1. The molecule has 0 aliphatic heterocycles. The summed E-state index contributed by atoms with van der Waals surface area (Å²) < 4.78 is 53.1. The first kappa shape index (κ1) is 22.4. The Balaban J connectivity index is 0.00000163. The number of benzene rings is 1. The Morgan fingerprint density at radius 1 is 1.31 bits per heavy atom. The second kappa shape index (κ2) is 8.85. The number of nitrogens with zero attached hydrogens (tertiary/aromatic N) is 1. The maximum Gasteiger partial charge on any atom is 0.435 e. The van der Waals surface area contributed by atoms with Crippen molar-refractivity contribution in [1.29, 1.82) is 0 Å². The lowest BCUT2D eigenvalue weighted by Gasteiger charge is -2.30. The van der Waals surface area contributed by atoms with E-state index in [1.807, 2.05) is 13.8 Å². The third kappa shape index (κ3) is 4.97. The molecule has 0 saturated heterocycles. The summed E-state index contributed by atoms with van der Waals surface area (Å²) in [6, 6.07) is 4.63. The minimum Gasteiger partial charge on any atom is -0.340 e. The lowest BCUT2D eigenvalue weighted by molar-refractivity contribution is -0.141. The van der Waals surface area contributed by atoms with Crippen molar-refractivity contribution in [1.82, 2.24) is 15.5 Å². The van der Waals surface area contributed by atoms with Crippen LogP contribution in [0.25, 0.3) is 0 Å². The van der Waals surface area contributed by atoms with Crippen LogP contribution in [0, 0.1) is 5.82 Å². The molecule has 2 aromatic rings. The van der Waals surface area contributed by atoms with Crippen LogP contribution in [-0.2, 0) is 16.5 Å². The fourth-order valence-corrected chi connectivity index (χ4v) is 2.62. The molecule has 0 spiro atoms. The van der Waals surface area contributed by atoms with Crippen LogP contribution in [0.15, 0.2) is 28.7 Å². The second-order valence-electron chi connectivity index (χ2n) is 5.10. The highest BCUT2D eigenvalue weighted by molar-refractivity contribution is 9.10. The Morgan fingerprint density at radius 3 is 2.42 bits per heavy atom. The first-order chi connectivity index (χ1) is 12.1. The van der Waals surface area contributed by atoms with Crippen LogP contribution in [0.2, 0.25) is 0 Å². The first-order valence-corrected chi connectivity index (χ1v) is 8.86. The van der Waals surface area contributed by atoms with Gasteiger partial charge in [0.2, 0.25) is 5.91 Å². The van der Waals surface area contributed by atoms with Crippen LogP contribution >= 0.6 is 27.5 Å². The molecule has 26 heavy (non-hydrogen) atoms. The van der Waals surface area contributed by atoms with Gasteiger partial charge in [-0.2, -0.15) is 18.3 Å². The van der Waals surface area contributed by atoms with Crippen molar-refractivity contribution in [3.8, 4) is 0 Å². The SMILES string of the molecule is CC.CC(NC(=O)CCl)(c1cc(C(F)(F)F)n[nH]1)c1cc(Br)ccc1F. The third-order valence-corrected chi connectivity index (χ3v) is 4.12. The molecule has 1 unspecified atom stereocenters. The molecule has 0 radical (unpaired) electrons. The maximum atomic E-state index is 14.3. The molecule has 0 bridgehead atoms. The van der Waals surface area contributed by atoms with Gasteiger partial charge in [-0.25, -0.2) is 4.39 Å². The largest absolute Gasteiger partial charge is 0.435 e. The number of aromatic nitrogens is 2. The summed E-state index contributed by atoms with van der Waals surface area (Å²) in [5.74, 6) is -1.83. The van der Waals surface area contributed by atoms with Crippen molar-refractivity contribution in [3.63, 3.8) is 0 Å². The summed E-state index contributed by atoms with van der Waals surface area (Å²) in [7, 11) is 0. The maximum absolute atomic E-state index is 14.3. The molecule has 144 valence electrons. The van der Waals surface area contributed by atoms with E-state index in [0.717, 1.165) is 12.1 Å². The van der Waals surface area contributed by atoms with E-state index in [1.54, 1.807) is 0 Å². The third-order valence-electron chi connectivity index (χ3n) is 3.38. The number of alkyl halides is 4. The fraction of sp³-hybridized carbons (Fsp3) is 0.375. The van der Waals surface area contributed by atoms with E-state index in [1.165, 1.54) is 19.1 Å². The molecule has 0 saturated carbocycles. The minimum absolute atomic E-state index is 0.0484. The van der Waals surface area contributed by atoms with Gasteiger partial charge < -0.3 is 5.32 Å². The average Bonchev–Trinajstić information content (AvgIpc) is 3.09. The molecule has 1 heterocycles. The predicted molar refractivity (Wildman–Crippen MR) is 94.4 cm³/mol. The molecule has 1 atom stereocenters. The van der Waals surface area contributed by atoms with Gasteiger partial charge in [-0.15, -0.1) is 11.6 Å². The molecular weight excluding hydrogens is 442 g/mol. The molecule has 4 nitrogen and oxygen atoms in total. The number of hydrogen-bond donors (Lipinski definition) is 2. The molecule has 10 heteroatoms. The molecular formula is C16H17BrClF4N3O. The van der Waals surface area contributed by atoms with Gasteiger partial charge in [0, 0.05) is 10.0 Å². The lowest BCUT2D eigenvalue weighted by atomic mass is 9.87. The van der Waals surface area contributed by atoms with Gasteiger partial charge in [-0.05, 0) is 31.2 Å². The Hall–Kier alpha value is -1.61. The Kier molecular flexibility index (Phi) is 7.64. The van der Waals surface area contributed by atoms with E-state index >= 15 is 0 Å². The van der Waals surface area contributed by atoms with Gasteiger partial charge in [0.05, 0.1) is 5.69 Å². The van der Waals surface area contributed by atoms with Gasteiger partial charge in [-0.3, -0.25) is 9.89 Å². The molecule has 1 aromatic carbocycles. The van der Waals surface area contributed by atoms with Crippen molar-refractivity contribution in [2.24, 2.45) is 0 Å². The highest BCUT2D eigenvalue weighted by atomic mass is 79.9. The molecule has 0 aliphatic rings. The summed E-state index contributed by atoms with van der Waals surface area (Å²) in [6.45, 7) is 5.36. The summed E-state index contributed by atoms with van der Waals surface area (Å²) in [5, 5.41) is 7.85. The number of carbonyl (C=O) groups is 1. The van der Waals surface area contributed by atoms with E-state index in [4.69, 9.17) is 11.6 Å². The monoisotopic (exact) mass is 457 g/mol. The minimum atomic E-state index is -4.68. The summed E-state index contributed by atoms with van der Waals surface area (Å²) in [6.07, 6.45) is -4.68.